The number of carbonyl (C=O) groups excluding carboxylic acids is 3. The SMILES string of the molecule is Cc1c(Cl)cccc1NC(=O)[C@H](Sc1ccc(N2C(=O)[C@H]3CC=CC[C@@H]3C2=O)cc1)c1ccccc1. The molecule has 1 saturated heterocycles. The summed E-state index contributed by atoms with van der Waals surface area (Å²) in [4.78, 5) is 41.4. The van der Waals surface area contributed by atoms with Crippen LogP contribution in [-0.4, -0.2) is 17.7 Å². The van der Waals surface area contributed by atoms with Crippen LogP contribution >= 0.6 is 23.4 Å². The Morgan fingerprint density at radius 2 is 1.56 bits per heavy atom. The average molecular weight is 517 g/mol. The average Bonchev–Trinajstić information content (AvgIpc) is 3.16. The summed E-state index contributed by atoms with van der Waals surface area (Å²) in [5.74, 6) is -0.959. The monoisotopic (exact) mass is 516 g/mol. The first-order chi connectivity index (χ1) is 17.4. The number of hydrogen-bond acceptors (Lipinski definition) is 4. The number of carbonyl (C=O) groups is 3. The fourth-order valence-electron chi connectivity index (χ4n) is 4.71. The number of thioether (sulfide) groups is 1. The fourth-order valence-corrected chi connectivity index (χ4v) is 5.91. The largest absolute Gasteiger partial charge is 0.325 e. The van der Waals surface area contributed by atoms with Crippen LogP contribution in [0.3, 0.4) is 0 Å². The third kappa shape index (κ3) is 4.71. The number of halogens is 1. The maximum atomic E-state index is 13.4. The summed E-state index contributed by atoms with van der Waals surface area (Å²) in [6.45, 7) is 1.87. The third-order valence-electron chi connectivity index (χ3n) is 6.72. The molecule has 1 aliphatic heterocycles. The zero-order chi connectivity index (χ0) is 25.2. The molecule has 0 radical (unpaired) electrons. The third-order valence-corrected chi connectivity index (χ3v) is 8.40. The Labute approximate surface area is 219 Å². The van der Waals surface area contributed by atoms with Crippen molar-refractivity contribution in [2.45, 2.75) is 29.9 Å². The van der Waals surface area contributed by atoms with E-state index in [0.717, 1.165) is 16.0 Å². The summed E-state index contributed by atoms with van der Waals surface area (Å²) in [5, 5.41) is 3.10. The Balaban J connectivity index is 1.37. The Bertz CT molecular complexity index is 1310. The molecule has 1 heterocycles. The van der Waals surface area contributed by atoms with Gasteiger partial charge in [0.1, 0.15) is 5.25 Å². The van der Waals surface area contributed by atoms with E-state index in [-0.39, 0.29) is 29.6 Å². The van der Waals surface area contributed by atoms with Crippen LogP contribution in [0.1, 0.15) is 29.2 Å². The van der Waals surface area contributed by atoms with Gasteiger partial charge in [-0.25, -0.2) is 0 Å². The molecule has 5 rings (SSSR count). The van der Waals surface area contributed by atoms with Crippen molar-refractivity contribution in [1.29, 1.82) is 0 Å². The molecule has 5 nitrogen and oxygen atoms in total. The predicted octanol–water partition coefficient (Wildman–Crippen LogP) is 6.58. The summed E-state index contributed by atoms with van der Waals surface area (Å²) in [6, 6.07) is 22.3. The minimum Gasteiger partial charge on any atom is -0.325 e. The smallest absolute Gasteiger partial charge is 0.242 e. The highest BCUT2D eigenvalue weighted by atomic mass is 35.5. The number of fused-ring (bicyclic) bond motifs is 1. The Kier molecular flexibility index (Phi) is 6.99. The summed E-state index contributed by atoms with van der Waals surface area (Å²) in [5.41, 5.74) is 2.92. The van der Waals surface area contributed by atoms with Crippen LogP contribution in [0.15, 0.2) is 89.8 Å². The normalized spacial score (nSPS) is 19.8. The highest BCUT2D eigenvalue weighted by Crippen LogP contribution is 2.40. The number of imide groups is 1. The Hall–Kier alpha value is -3.35. The van der Waals surface area contributed by atoms with Crippen molar-refractivity contribution in [2.75, 3.05) is 10.2 Å². The molecule has 0 saturated carbocycles. The number of nitrogens with one attached hydrogen (secondary N) is 1. The Morgan fingerprint density at radius 1 is 0.917 bits per heavy atom. The molecule has 3 aromatic rings. The van der Waals surface area contributed by atoms with Crippen LogP contribution in [0, 0.1) is 18.8 Å². The van der Waals surface area contributed by atoms with Crippen LogP contribution in [0.25, 0.3) is 0 Å². The number of rotatable bonds is 6. The molecule has 3 amide bonds. The first-order valence-electron chi connectivity index (χ1n) is 11.8. The van der Waals surface area contributed by atoms with Crippen molar-refractivity contribution in [3.05, 3.63) is 101 Å². The molecular weight excluding hydrogens is 492 g/mol. The van der Waals surface area contributed by atoms with E-state index >= 15 is 0 Å². The minimum atomic E-state index is -0.514. The van der Waals surface area contributed by atoms with Gasteiger partial charge >= 0.3 is 0 Å². The predicted molar refractivity (Wildman–Crippen MR) is 144 cm³/mol. The molecule has 1 fully saturated rings. The zero-order valence-corrected chi connectivity index (χ0v) is 21.3. The van der Waals surface area contributed by atoms with Crippen LogP contribution < -0.4 is 10.2 Å². The molecule has 1 N–H and O–H groups in total. The summed E-state index contributed by atoms with van der Waals surface area (Å²) in [7, 11) is 0. The van der Waals surface area contributed by atoms with Crippen molar-refractivity contribution >= 4 is 52.5 Å². The highest BCUT2D eigenvalue weighted by Gasteiger charge is 2.47. The van der Waals surface area contributed by atoms with E-state index in [1.54, 1.807) is 18.2 Å². The van der Waals surface area contributed by atoms with Gasteiger partial charge in [0.25, 0.3) is 0 Å². The quantitative estimate of drug-likeness (QED) is 0.228. The van der Waals surface area contributed by atoms with Gasteiger partial charge in [-0.3, -0.25) is 19.3 Å². The summed E-state index contributed by atoms with van der Waals surface area (Å²) in [6.07, 6.45) is 5.18. The van der Waals surface area contributed by atoms with E-state index in [0.29, 0.717) is 29.2 Å². The van der Waals surface area contributed by atoms with Gasteiger partial charge in [0.05, 0.1) is 17.5 Å². The van der Waals surface area contributed by atoms with Gasteiger partial charge in [-0.15, -0.1) is 11.8 Å². The molecule has 2 aliphatic rings. The van der Waals surface area contributed by atoms with Gasteiger partial charge in [-0.2, -0.15) is 0 Å². The Morgan fingerprint density at radius 3 is 2.19 bits per heavy atom. The first kappa shape index (κ1) is 24.3. The molecule has 36 heavy (non-hydrogen) atoms. The van der Waals surface area contributed by atoms with E-state index in [1.165, 1.54) is 16.7 Å². The van der Waals surface area contributed by atoms with Gasteiger partial charge in [0.2, 0.25) is 17.7 Å². The molecule has 3 atom stereocenters. The maximum absolute atomic E-state index is 13.4. The summed E-state index contributed by atoms with van der Waals surface area (Å²) >= 11 is 7.65. The van der Waals surface area contributed by atoms with E-state index < -0.39 is 5.25 Å². The molecule has 3 aromatic carbocycles. The minimum absolute atomic E-state index is 0.131. The molecule has 0 aromatic heterocycles. The standard InChI is InChI=1S/C29H25ClN2O3S/c1-18-24(30)12-7-13-25(18)31-27(33)26(19-8-3-2-4-9-19)36-21-16-14-20(15-17-21)32-28(34)22-10-5-6-11-23(22)29(32)35/h2-9,12-17,22-23,26H,10-11H2,1H3,(H,31,33)/t22-,23-,26+/m0/s1. The van der Waals surface area contributed by atoms with Crippen molar-refractivity contribution < 1.29 is 14.4 Å². The van der Waals surface area contributed by atoms with Crippen molar-refractivity contribution in [3.8, 4) is 0 Å². The first-order valence-corrected chi connectivity index (χ1v) is 13.1. The molecule has 0 spiro atoms. The van der Waals surface area contributed by atoms with E-state index in [9.17, 15) is 14.4 Å². The maximum Gasteiger partial charge on any atom is 0.242 e. The van der Waals surface area contributed by atoms with Crippen LogP contribution in [0.2, 0.25) is 5.02 Å². The number of nitrogens with zero attached hydrogens (tertiary/aromatic N) is 1. The molecule has 0 unspecified atom stereocenters. The highest BCUT2D eigenvalue weighted by molar-refractivity contribution is 8.00. The van der Waals surface area contributed by atoms with E-state index in [1.807, 2.05) is 73.7 Å². The number of allylic oxidation sites excluding steroid dienone is 2. The fraction of sp³-hybridized carbons (Fsp3) is 0.207. The number of hydrogen-bond donors (Lipinski definition) is 1. The van der Waals surface area contributed by atoms with Gasteiger partial charge in [-0.1, -0.05) is 60.2 Å². The van der Waals surface area contributed by atoms with Crippen LogP contribution in [-0.2, 0) is 14.4 Å². The molecule has 0 bridgehead atoms. The topological polar surface area (TPSA) is 66.5 Å². The van der Waals surface area contributed by atoms with Gasteiger partial charge in [0, 0.05) is 15.6 Å². The van der Waals surface area contributed by atoms with Gasteiger partial charge < -0.3 is 5.32 Å². The molecular formula is C29H25ClN2O3S. The van der Waals surface area contributed by atoms with Crippen molar-refractivity contribution in [1.82, 2.24) is 0 Å². The van der Waals surface area contributed by atoms with Crippen molar-refractivity contribution in [2.24, 2.45) is 11.8 Å². The second kappa shape index (κ2) is 10.3. The van der Waals surface area contributed by atoms with Crippen molar-refractivity contribution in [3.63, 3.8) is 0 Å². The number of anilines is 2. The van der Waals surface area contributed by atoms with Gasteiger partial charge in [0.15, 0.2) is 0 Å². The lowest BCUT2D eigenvalue weighted by Crippen LogP contribution is -2.30. The summed E-state index contributed by atoms with van der Waals surface area (Å²) < 4.78 is 0. The molecule has 1 aliphatic carbocycles. The molecule has 7 heteroatoms. The van der Waals surface area contributed by atoms with E-state index in [4.69, 9.17) is 11.6 Å². The van der Waals surface area contributed by atoms with E-state index in [2.05, 4.69) is 5.32 Å². The lowest BCUT2D eigenvalue weighted by Gasteiger charge is -2.19. The second-order valence-corrected chi connectivity index (χ2v) is 10.6. The zero-order valence-electron chi connectivity index (χ0n) is 19.7. The van der Waals surface area contributed by atoms with Crippen LogP contribution in [0.4, 0.5) is 11.4 Å². The molecule has 182 valence electrons. The number of amides is 3. The van der Waals surface area contributed by atoms with Gasteiger partial charge in [-0.05, 0) is 67.3 Å². The second-order valence-electron chi connectivity index (χ2n) is 8.97. The lowest BCUT2D eigenvalue weighted by molar-refractivity contribution is -0.122. The number of benzene rings is 3. The lowest BCUT2D eigenvalue weighted by atomic mass is 9.85. The van der Waals surface area contributed by atoms with Crippen LogP contribution in [0.5, 0.6) is 0 Å².